The number of nitrogens with zero attached hydrogens (tertiary/aromatic N) is 2. The van der Waals surface area contributed by atoms with Gasteiger partial charge in [0.1, 0.15) is 5.15 Å². The summed E-state index contributed by atoms with van der Waals surface area (Å²) in [6.07, 6.45) is 0.815. The molecule has 0 spiro atoms. The second-order valence-corrected chi connectivity index (χ2v) is 5.57. The Bertz CT molecular complexity index is 600. The Labute approximate surface area is 124 Å². The smallest absolute Gasteiger partial charge is 0.162 e. The van der Waals surface area contributed by atoms with Gasteiger partial charge >= 0.3 is 0 Å². The molecule has 0 atom stereocenters. The van der Waals surface area contributed by atoms with Crippen LogP contribution >= 0.6 is 39.1 Å². The van der Waals surface area contributed by atoms with E-state index in [1.165, 1.54) is 0 Å². The lowest BCUT2D eigenvalue weighted by Gasteiger charge is -2.09. The molecule has 1 aromatic heterocycles. The minimum Gasteiger partial charge on any atom is -0.233 e. The summed E-state index contributed by atoms with van der Waals surface area (Å²) in [5.74, 6) is 0.569. The molecule has 1 heterocycles. The van der Waals surface area contributed by atoms with E-state index in [0.717, 1.165) is 27.7 Å². The van der Waals surface area contributed by atoms with Crippen LogP contribution in [-0.4, -0.2) is 9.97 Å². The van der Waals surface area contributed by atoms with Crippen LogP contribution in [0.2, 0.25) is 10.2 Å². The maximum absolute atomic E-state index is 6.20. The highest BCUT2D eigenvalue weighted by molar-refractivity contribution is 9.10. The largest absolute Gasteiger partial charge is 0.233 e. The van der Waals surface area contributed by atoms with Crippen LogP contribution in [-0.2, 0) is 6.42 Å². The Balaban J connectivity index is 2.60. The number of rotatable bonds is 2. The Hall–Kier alpha value is -0.640. The molecule has 0 aliphatic rings. The van der Waals surface area contributed by atoms with Crippen LogP contribution in [0.1, 0.15) is 18.2 Å². The van der Waals surface area contributed by atoms with Gasteiger partial charge in [0.2, 0.25) is 0 Å². The number of halogens is 3. The molecule has 2 nitrogen and oxygen atoms in total. The molecule has 0 amide bonds. The van der Waals surface area contributed by atoms with E-state index in [-0.39, 0.29) is 0 Å². The first-order chi connectivity index (χ1) is 8.52. The third-order valence-electron chi connectivity index (χ3n) is 2.69. The van der Waals surface area contributed by atoms with E-state index in [0.29, 0.717) is 16.0 Å². The number of hydrogen-bond acceptors (Lipinski definition) is 2. The van der Waals surface area contributed by atoms with E-state index in [1.807, 2.05) is 32.0 Å². The highest BCUT2D eigenvalue weighted by Crippen LogP contribution is 2.30. The molecule has 5 heteroatoms. The summed E-state index contributed by atoms with van der Waals surface area (Å²) in [6, 6.07) is 5.61. The Kier molecular flexibility index (Phi) is 4.25. The first kappa shape index (κ1) is 13.8. The topological polar surface area (TPSA) is 25.8 Å². The van der Waals surface area contributed by atoms with Gasteiger partial charge in [0.15, 0.2) is 5.82 Å². The fraction of sp³-hybridized carbons (Fsp3) is 0.231. The standard InChI is InChI=1S/C13H11BrCl2N2/c1-3-11-7(2)12(16)18-13(17-11)9-5-4-8(14)6-10(9)15/h4-6H,3H2,1-2H3. The molecular formula is C13H11BrCl2N2. The van der Waals surface area contributed by atoms with Crippen molar-refractivity contribution in [2.75, 3.05) is 0 Å². The molecular weight excluding hydrogens is 335 g/mol. The second-order valence-electron chi connectivity index (χ2n) is 3.89. The zero-order chi connectivity index (χ0) is 13.3. The number of benzene rings is 1. The van der Waals surface area contributed by atoms with Crippen molar-refractivity contribution in [1.29, 1.82) is 0 Å². The summed E-state index contributed by atoms with van der Waals surface area (Å²) < 4.78 is 0.921. The normalized spacial score (nSPS) is 10.7. The Morgan fingerprint density at radius 2 is 1.94 bits per heavy atom. The summed E-state index contributed by atoms with van der Waals surface area (Å²) in [5, 5.41) is 1.09. The molecule has 0 N–H and O–H groups in total. The van der Waals surface area contributed by atoms with Gasteiger partial charge in [0, 0.05) is 21.3 Å². The quantitative estimate of drug-likeness (QED) is 0.709. The minimum atomic E-state index is 0.482. The van der Waals surface area contributed by atoms with Crippen molar-refractivity contribution in [2.24, 2.45) is 0 Å². The molecule has 0 aliphatic carbocycles. The van der Waals surface area contributed by atoms with Crippen molar-refractivity contribution < 1.29 is 0 Å². The molecule has 0 fully saturated rings. The maximum atomic E-state index is 6.20. The third kappa shape index (κ3) is 2.68. The first-order valence-electron chi connectivity index (χ1n) is 5.51. The van der Waals surface area contributed by atoms with Gasteiger partial charge in [0.05, 0.1) is 5.02 Å². The predicted molar refractivity (Wildman–Crippen MR) is 79.3 cm³/mol. The molecule has 0 unspecified atom stereocenters. The summed E-state index contributed by atoms with van der Waals surface area (Å²) in [4.78, 5) is 8.81. The van der Waals surface area contributed by atoms with Crippen LogP contribution in [0, 0.1) is 6.92 Å². The number of aromatic nitrogens is 2. The zero-order valence-electron chi connectivity index (χ0n) is 9.97. The molecule has 0 saturated heterocycles. The Morgan fingerprint density at radius 3 is 2.56 bits per heavy atom. The molecule has 0 aliphatic heterocycles. The van der Waals surface area contributed by atoms with Crippen LogP contribution in [0.4, 0.5) is 0 Å². The highest BCUT2D eigenvalue weighted by Gasteiger charge is 2.12. The van der Waals surface area contributed by atoms with Crippen LogP contribution in [0.5, 0.6) is 0 Å². The Morgan fingerprint density at radius 1 is 1.22 bits per heavy atom. The molecule has 2 rings (SSSR count). The molecule has 0 bridgehead atoms. The molecule has 2 aromatic rings. The lowest BCUT2D eigenvalue weighted by molar-refractivity contribution is 0.977. The molecule has 94 valence electrons. The summed E-state index contributed by atoms with van der Waals surface area (Å²) in [7, 11) is 0. The van der Waals surface area contributed by atoms with Gasteiger partial charge in [-0.15, -0.1) is 0 Å². The van der Waals surface area contributed by atoms with Crippen molar-refractivity contribution in [1.82, 2.24) is 9.97 Å². The number of aryl methyl sites for hydroxylation is 1. The summed E-state index contributed by atoms with van der Waals surface area (Å²) in [5.41, 5.74) is 2.66. The van der Waals surface area contributed by atoms with Crippen molar-refractivity contribution >= 4 is 39.1 Å². The van der Waals surface area contributed by atoms with E-state index >= 15 is 0 Å². The fourth-order valence-electron chi connectivity index (χ4n) is 1.67. The molecule has 1 aromatic carbocycles. The zero-order valence-corrected chi connectivity index (χ0v) is 13.1. The van der Waals surface area contributed by atoms with Crippen molar-refractivity contribution in [2.45, 2.75) is 20.3 Å². The third-order valence-corrected chi connectivity index (χ3v) is 3.87. The SMILES string of the molecule is CCc1nc(-c2ccc(Br)cc2Cl)nc(Cl)c1C. The number of hydrogen-bond donors (Lipinski definition) is 0. The average Bonchev–Trinajstić information content (AvgIpc) is 2.32. The van der Waals surface area contributed by atoms with E-state index < -0.39 is 0 Å². The van der Waals surface area contributed by atoms with Crippen LogP contribution in [0.3, 0.4) is 0 Å². The fourth-order valence-corrected chi connectivity index (χ4v) is 2.62. The second kappa shape index (κ2) is 5.55. The van der Waals surface area contributed by atoms with Gasteiger partial charge in [-0.05, 0) is 31.5 Å². The van der Waals surface area contributed by atoms with Crippen molar-refractivity contribution in [3.8, 4) is 11.4 Å². The van der Waals surface area contributed by atoms with Gasteiger partial charge in [-0.2, -0.15) is 0 Å². The van der Waals surface area contributed by atoms with Gasteiger partial charge in [-0.3, -0.25) is 0 Å². The summed E-state index contributed by atoms with van der Waals surface area (Å²) in [6.45, 7) is 3.97. The maximum Gasteiger partial charge on any atom is 0.162 e. The van der Waals surface area contributed by atoms with Crippen LogP contribution in [0.25, 0.3) is 11.4 Å². The van der Waals surface area contributed by atoms with Crippen molar-refractivity contribution in [3.63, 3.8) is 0 Å². The van der Waals surface area contributed by atoms with E-state index in [9.17, 15) is 0 Å². The van der Waals surface area contributed by atoms with Gasteiger partial charge in [0.25, 0.3) is 0 Å². The first-order valence-corrected chi connectivity index (χ1v) is 7.06. The van der Waals surface area contributed by atoms with E-state index in [4.69, 9.17) is 23.2 Å². The monoisotopic (exact) mass is 344 g/mol. The minimum absolute atomic E-state index is 0.482. The highest BCUT2D eigenvalue weighted by atomic mass is 79.9. The lowest BCUT2D eigenvalue weighted by Crippen LogP contribution is -1.99. The molecule has 0 saturated carbocycles. The van der Waals surface area contributed by atoms with Crippen LogP contribution in [0.15, 0.2) is 22.7 Å². The molecule has 18 heavy (non-hydrogen) atoms. The summed E-state index contributed by atoms with van der Waals surface area (Å²) >= 11 is 15.7. The lowest BCUT2D eigenvalue weighted by atomic mass is 10.1. The van der Waals surface area contributed by atoms with Gasteiger partial charge in [-0.1, -0.05) is 46.1 Å². The van der Waals surface area contributed by atoms with E-state index in [2.05, 4.69) is 25.9 Å². The average molecular weight is 346 g/mol. The van der Waals surface area contributed by atoms with E-state index in [1.54, 1.807) is 0 Å². The van der Waals surface area contributed by atoms with Crippen LogP contribution < -0.4 is 0 Å². The van der Waals surface area contributed by atoms with Gasteiger partial charge < -0.3 is 0 Å². The molecule has 0 radical (unpaired) electrons. The predicted octanol–water partition coefficient (Wildman–Crippen LogP) is 5.08. The van der Waals surface area contributed by atoms with Crippen molar-refractivity contribution in [3.05, 3.63) is 44.1 Å². The van der Waals surface area contributed by atoms with Gasteiger partial charge in [-0.25, -0.2) is 9.97 Å².